The van der Waals surface area contributed by atoms with Gasteiger partial charge in [-0.25, -0.2) is 0 Å². The van der Waals surface area contributed by atoms with Crippen molar-refractivity contribution >= 4 is 6.01 Å². The molecule has 0 saturated carbocycles. The minimum atomic E-state index is -0.0452. The Hall–Kier alpha value is -1.10. The average Bonchev–Trinajstić information content (AvgIpc) is 2.67. The number of nitrogens with zero attached hydrogens (tertiary/aromatic N) is 2. The van der Waals surface area contributed by atoms with Crippen molar-refractivity contribution in [1.82, 2.24) is 10.1 Å². The second-order valence-electron chi connectivity index (χ2n) is 3.22. The fourth-order valence-electron chi connectivity index (χ4n) is 1.34. The first-order valence-electron chi connectivity index (χ1n) is 5.50. The lowest BCUT2D eigenvalue weighted by Gasteiger charge is -2.10. The van der Waals surface area contributed by atoms with Crippen LogP contribution < -0.4 is 5.32 Å². The predicted octanol–water partition coefficient (Wildman–Crippen LogP) is 2.38. The third-order valence-corrected chi connectivity index (χ3v) is 1.98. The van der Waals surface area contributed by atoms with E-state index in [0.717, 1.165) is 19.4 Å². The Balaban J connectivity index is 2.63. The molecule has 0 aromatic carbocycles. The topological polar surface area (TPSA) is 60.2 Å². The molecule has 86 valence electrons. The number of rotatable bonds is 7. The van der Waals surface area contributed by atoms with Gasteiger partial charge >= 0.3 is 6.01 Å². The van der Waals surface area contributed by atoms with Gasteiger partial charge in [0.2, 0.25) is 5.82 Å². The molecule has 0 bridgehead atoms. The monoisotopic (exact) mass is 213 g/mol. The van der Waals surface area contributed by atoms with Crippen LogP contribution in [-0.2, 0) is 4.74 Å². The van der Waals surface area contributed by atoms with Crippen LogP contribution >= 0.6 is 0 Å². The molecule has 0 aliphatic carbocycles. The Morgan fingerprint density at radius 2 is 2.20 bits per heavy atom. The SMILES string of the molecule is CCCC(OCC)c1noc(NCC)n1. The summed E-state index contributed by atoms with van der Waals surface area (Å²) >= 11 is 0. The van der Waals surface area contributed by atoms with Crippen molar-refractivity contribution in [3.8, 4) is 0 Å². The van der Waals surface area contributed by atoms with Crippen molar-refractivity contribution in [2.24, 2.45) is 0 Å². The van der Waals surface area contributed by atoms with Gasteiger partial charge in [-0.3, -0.25) is 0 Å². The van der Waals surface area contributed by atoms with Gasteiger partial charge in [-0.05, 0) is 20.3 Å². The van der Waals surface area contributed by atoms with Gasteiger partial charge in [0.15, 0.2) is 0 Å². The standard InChI is InChI=1S/C10H19N3O2/c1-4-7-8(14-6-3)9-12-10(11-5-2)15-13-9/h8H,4-7H2,1-3H3,(H,11,12,13). The molecule has 1 N–H and O–H groups in total. The molecule has 0 fully saturated rings. The third-order valence-electron chi connectivity index (χ3n) is 1.98. The van der Waals surface area contributed by atoms with E-state index in [-0.39, 0.29) is 6.10 Å². The molecule has 0 saturated heterocycles. The zero-order valence-electron chi connectivity index (χ0n) is 9.62. The van der Waals surface area contributed by atoms with Crippen LogP contribution in [0, 0.1) is 0 Å². The van der Waals surface area contributed by atoms with E-state index in [2.05, 4.69) is 22.4 Å². The Labute approximate surface area is 90.2 Å². The van der Waals surface area contributed by atoms with Crippen LogP contribution in [0.5, 0.6) is 0 Å². The number of hydrogen-bond donors (Lipinski definition) is 1. The number of aromatic nitrogens is 2. The molecular weight excluding hydrogens is 194 g/mol. The average molecular weight is 213 g/mol. The summed E-state index contributed by atoms with van der Waals surface area (Å²) in [6, 6.07) is 0.466. The molecule has 1 unspecified atom stereocenters. The summed E-state index contributed by atoms with van der Waals surface area (Å²) < 4.78 is 10.6. The highest BCUT2D eigenvalue weighted by molar-refractivity contribution is 5.17. The summed E-state index contributed by atoms with van der Waals surface area (Å²) in [5.41, 5.74) is 0. The van der Waals surface area contributed by atoms with E-state index < -0.39 is 0 Å². The predicted molar refractivity (Wildman–Crippen MR) is 57.7 cm³/mol. The minimum absolute atomic E-state index is 0.0452. The van der Waals surface area contributed by atoms with E-state index in [4.69, 9.17) is 9.26 Å². The van der Waals surface area contributed by atoms with Crippen LogP contribution in [0.4, 0.5) is 6.01 Å². The number of ether oxygens (including phenoxy) is 1. The molecule has 15 heavy (non-hydrogen) atoms. The number of hydrogen-bond acceptors (Lipinski definition) is 5. The third kappa shape index (κ3) is 3.51. The maximum absolute atomic E-state index is 5.55. The molecule has 1 atom stereocenters. The van der Waals surface area contributed by atoms with Gasteiger partial charge in [-0.15, -0.1) is 0 Å². The molecule has 1 heterocycles. The first-order valence-corrected chi connectivity index (χ1v) is 5.50. The van der Waals surface area contributed by atoms with Gasteiger partial charge in [0.1, 0.15) is 6.10 Å². The molecule has 1 aromatic heterocycles. The Kier molecular flexibility index (Phi) is 5.10. The Bertz CT molecular complexity index is 269. The van der Waals surface area contributed by atoms with Crippen molar-refractivity contribution in [3.63, 3.8) is 0 Å². The zero-order valence-corrected chi connectivity index (χ0v) is 9.62. The zero-order chi connectivity index (χ0) is 11.1. The maximum atomic E-state index is 5.55. The Morgan fingerprint density at radius 3 is 2.80 bits per heavy atom. The van der Waals surface area contributed by atoms with Gasteiger partial charge < -0.3 is 14.6 Å². The number of anilines is 1. The molecule has 1 rings (SSSR count). The van der Waals surface area contributed by atoms with Crippen LogP contribution in [0.2, 0.25) is 0 Å². The second kappa shape index (κ2) is 6.40. The van der Waals surface area contributed by atoms with E-state index in [0.29, 0.717) is 18.4 Å². The fourth-order valence-corrected chi connectivity index (χ4v) is 1.34. The van der Waals surface area contributed by atoms with Crippen molar-refractivity contribution in [2.75, 3.05) is 18.5 Å². The molecule has 0 spiro atoms. The van der Waals surface area contributed by atoms with E-state index in [1.54, 1.807) is 0 Å². The first-order chi connectivity index (χ1) is 7.31. The van der Waals surface area contributed by atoms with Crippen molar-refractivity contribution < 1.29 is 9.26 Å². The molecule has 5 heteroatoms. The molecule has 0 amide bonds. The van der Waals surface area contributed by atoms with Crippen LogP contribution in [0.3, 0.4) is 0 Å². The lowest BCUT2D eigenvalue weighted by atomic mass is 10.2. The molecule has 1 aromatic rings. The second-order valence-corrected chi connectivity index (χ2v) is 3.22. The largest absolute Gasteiger partial charge is 0.370 e. The lowest BCUT2D eigenvalue weighted by Crippen LogP contribution is -2.06. The molecular formula is C10H19N3O2. The van der Waals surface area contributed by atoms with Crippen LogP contribution in [0.25, 0.3) is 0 Å². The molecule has 0 radical (unpaired) electrons. The minimum Gasteiger partial charge on any atom is -0.370 e. The van der Waals surface area contributed by atoms with Crippen molar-refractivity contribution in [3.05, 3.63) is 5.82 Å². The highest BCUT2D eigenvalue weighted by atomic mass is 16.5. The summed E-state index contributed by atoms with van der Waals surface area (Å²) in [6.07, 6.45) is 1.91. The molecule has 0 aliphatic heterocycles. The van der Waals surface area contributed by atoms with E-state index in [9.17, 15) is 0 Å². The van der Waals surface area contributed by atoms with Gasteiger partial charge in [-0.1, -0.05) is 18.5 Å². The van der Waals surface area contributed by atoms with Gasteiger partial charge in [0.05, 0.1) is 0 Å². The molecule has 0 aliphatic rings. The van der Waals surface area contributed by atoms with Gasteiger partial charge in [-0.2, -0.15) is 4.98 Å². The van der Waals surface area contributed by atoms with E-state index >= 15 is 0 Å². The normalized spacial score (nSPS) is 12.7. The highest BCUT2D eigenvalue weighted by Crippen LogP contribution is 2.20. The van der Waals surface area contributed by atoms with Crippen LogP contribution in [-0.4, -0.2) is 23.3 Å². The molecule has 5 nitrogen and oxygen atoms in total. The van der Waals surface area contributed by atoms with Gasteiger partial charge in [0, 0.05) is 13.2 Å². The number of nitrogens with one attached hydrogen (secondary N) is 1. The van der Waals surface area contributed by atoms with Crippen LogP contribution in [0.15, 0.2) is 4.52 Å². The van der Waals surface area contributed by atoms with Crippen molar-refractivity contribution in [1.29, 1.82) is 0 Å². The lowest BCUT2D eigenvalue weighted by molar-refractivity contribution is 0.0478. The van der Waals surface area contributed by atoms with E-state index in [1.807, 2.05) is 13.8 Å². The quantitative estimate of drug-likeness (QED) is 0.753. The van der Waals surface area contributed by atoms with Gasteiger partial charge in [0.25, 0.3) is 0 Å². The Morgan fingerprint density at radius 1 is 1.40 bits per heavy atom. The summed E-state index contributed by atoms with van der Waals surface area (Å²) in [6.45, 7) is 7.49. The highest BCUT2D eigenvalue weighted by Gasteiger charge is 2.17. The maximum Gasteiger partial charge on any atom is 0.321 e. The summed E-state index contributed by atoms with van der Waals surface area (Å²) in [7, 11) is 0. The smallest absolute Gasteiger partial charge is 0.321 e. The summed E-state index contributed by atoms with van der Waals surface area (Å²) in [4.78, 5) is 4.22. The summed E-state index contributed by atoms with van der Waals surface area (Å²) in [5.74, 6) is 0.634. The fraction of sp³-hybridized carbons (Fsp3) is 0.800. The summed E-state index contributed by atoms with van der Waals surface area (Å²) in [5, 5.41) is 6.87. The van der Waals surface area contributed by atoms with Crippen LogP contribution in [0.1, 0.15) is 45.5 Å². The van der Waals surface area contributed by atoms with Crippen molar-refractivity contribution in [2.45, 2.75) is 39.7 Å². The first kappa shape index (κ1) is 12.0. The van der Waals surface area contributed by atoms with E-state index in [1.165, 1.54) is 0 Å².